The lowest BCUT2D eigenvalue weighted by molar-refractivity contribution is 0.408. The maximum Gasteiger partial charge on any atom is 0.122 e. The van der Waals surface area contributed by atoms with Crippen molar-refractivity contribution >= 4 is 0 Å². The predicted molar refractivity (Wildman–Crippen MR) is 82.1 cm³/mol. The number of rotatable bonds is 4. The Morgan fingerprint density at radius 3 is 2.55 bits per heavy atom. The summed E-state index contributed by atoms with van der Waals surface area (Å²) in [5.74, 6) is 0.892. The van der Waals surface area contributed by atoms with Crippen molar-refractivity contribution in [3.63, 3.8) is 0 Å². The van der Waals surface area contributed by atoms with Gasteiger partial charge in [-0.25, -0.2) is 0 Å². The summed E-state index contributed by atoms with van der Waals surface area (Å²) in [6.07, 6.45) is 0.746. The molecule has 2 N–H and O–H groups in total. The van der Waals surface area contributed by atoms with Gasteiger partial charge >= 0.3 is 0 Å². The van der Waals surface area contributed by atoms with Gasteiger partial charge in [0.1, 0.15) is 5.75 Å². The quantitative estimate of drug-likeness (QED) is 0.927. The average Bonchev–Trinajstić information content (AvgIpc) is 2.38. The smallest absolute Gasteiger partial charge is 0.122 e. The molecule has 0 radical (unpaired) electrons. The second-order valence-electron chi connectivity index (χ2n) is 5.25. The van der Waals surface area contributed by atoms with Crippen LogP contribution in [0.2, 0.25) is 0 Å². The van der Waals surface area contributed by atoms with E-state index in [1.54, 1.807) is 7.11 Å². The second-order valence-corrected chi connectivity index (χ2v) is 5.25. The molecule has 0 aliphatic carbocycles. The Morgan fingerprint density at radius 2 is 1.90 bits per heavy atom. The first-order chi connectivity index (χ1) is 9.51. The highest BCUT2D eigenvalue weighted by atomic mass is 16.5. The minimum Gasteiger partial charge on any atom is -0.496 e. The maximum atomic E-state index is 6.36. The third-order valence-corrected chi connectivity index (χ3v) is 3.54. The van der Waals surface area contributed by atoms with Crippen molar-refractivity contribution in [3.05, 3.63) is 58.4 Å². The second kappa shape index (κ2) is 6.06. The van der Waals surface area contributed by atoms with E-state index in [-0.39, 0.29) is 6.04 Å². The Hall–Kier alpha value is -1.87. The fourth-order valence-corrected chi connectivity index (χ4v) is 2.50. The molecule has 1 aromatic carbocycles. The molecule has 1 aromatic heterocycles. The van der Waals surface area contributed by atoms with E-state index in [0.717, 1.165) is 34.7 Å². The molecule has 0 fully saturated rings. The summed E-state index contributed by atoms with van der Waals surface area (Å²) in [5, 5.41) is 0. The summed E-state index contributed by atoms with van der Waals surface area (Å²) in [4.78, 5) is 4.49. The number of pyridine rings is 1. The summed E-state index contributed by atoms with van der Waals surface area (Å²) >= 11 is 0. The van der Waals surface area contributed by atoms with Crippen LogP contribution in [-0.4, -0.2) is 12.1 Å². The zero-order valence-electron chi connectivity index (χ0n) is 12.6. The molecule has 0 saturated carbocycles. The molecule has 20 heavy (non-hydrogen) atoms. The van der Waals surface area contributed by atoms with Crippen LogP contribution >= 0.6 is 0 Å². The normalized spacial score (nSPS) is 12.2. The van der Waals surface area contributed by atoms with E-state index in [0.29, 0.717) is 0 Å². The van der Waals surface area contributed by atoms with E-state index in [1.807, 2.05) is 32.0 Å². The molecule has 1 heterocycles. The van der Waals surface area contributed by atoms with Crippen LogP contribution in [0.25, 0.3) is 0 Å². The summed E-state index contributed by atoms with van der Waals surface area (Å²) in [7, 11) is 1.69. The van der Waals surface area contributed by atoms with Gasteiger partial charge in [-0.05, 0) is 50.5 Å². The first-order valence-electron chi connectivity index (χ1n) is 6.84. The van der Waals surface area contributed by atoms with Crippen LogP contribution in [-0.2, 0) is 6.42 Å². The molecule has 1 unspecified atom stereocenters. The van der Waals surface area contributed by atoms with Crippen LogP contribution in [0.4, 0.5) is 0 Å². The topological polar surface area (TPSA) is 48.1 Å². The van der Waals surface area contributed by atoms with Gasteiger partial charge in [-0.15, -0.1) is 0 Å². The van der Waals surface area contributed by atoms with Crippen LogP contribution in [0.1, 0.15) is 34.1 Å². The van der Waals surface area contributed by atoms with Crippen LogP contribution in [0.3, 0.4) is 0 Å². The van der Waals surface area contributed by atoms with Gasteiger partial charge in [-0.2, -0.15) is 0 Å². The van der Waals surface area contributed by atoms with Gasteiger partial charge in [0, 0.05) is 17.4 Å². The van der Waals surface area contributed by atoms with E-state index in [4.69, 9.17) is 10.5 Å². The van der Waals surface area contributed by atoms with Gasteiger partial charge in [0.2, 0.25) is 0 Å². The largest absolute Gasteiger partial charge is 0.496 e. The summed E-state index contributed by atoms with van der Waals surface area (Å²) < 4.78 is 5.42. The molecule has 1 atom stereocenters. The van der Waals surface area contributed by atoms with Gasteiger partial charge in [-0.3, -0.25) is 4.98 Å². The lowest BCUT2D eigenvalue weighted by Gasteiger charge is -2.17. The third kappa shape index (κ3) is 3.17. The Labute approximate surface area is 120 Å². The van der Waals surface area contributed by atoms with Crippen molar-refractivity contribution in [3.8, 4) is 5.75 Å². The highest BCUT2D eigenvalue weighted by Crippen LogP contribution is 2.26. The number of nitrogens with two attached hydrogens (primary N) is 1. The Bertz CT molecular complexity index is 608. The molecule has 0 saturated heterocycles. The first-order valence-corrected chi connectivity index (χ1v) is 6.84. The van der Waals surface area contributed by atoms with Gasteiger partial charge in [0.25, 0.3) is 0 Å². The number of hydrogen-bond acceptors (Lipinski definition) is 3. The van der Waals surface area contributed by atoms with Gasteiger partial charge in [-0.1, -0.05) is 23.8 Å². The van der Waals surface area contributed by atoms with Crippen molar-refractivity contribution in [1.82, 2.24) is 4.98 Å². The predicted octanol–water partition coefficient (Wildman–Crippen LogP) is 3.26. The van der Waals surface area contributed by atoms with E-state index in [2.05, 4.69) is 24.0 Å². The van der Waals surface area contributed by atoms with Crippen LogP contribution in [0.15, 0.2) is 30.3 Å². The van der Waals surface area contributed by atoms with E-state index >= 15 is 0 Å². The molecular weight excluding hydrogens is 248 g/mol. The average molecular weight is 270 g/mol. The molecule has 2 aromatic rings. The zero-order valence-corrected chi connectivity index (χ0v) is 12.6. The van der Waals surface area contributed by atoms with E-state index in [9.17, 15) is 0 Å². The summed E-state index contributed by atoms with van der Waals surface area (Å²) in [6, 6.07) is 10.2. The molecule has 0 spiro atoms. The minimum absolute atomic E-state index is 0.0706. The summed E-state index contributed by atoms with van der Waals surface area (Å²) in [6.45, 7) is 6.08. The van der Waals surface area contributed by atoms with Crippen molar-refractivity contribution in [2.75, 3.05) is 7.11 Å². The monoisotopic (exact) mass is 270 g/mol. The Morgan fingerprint density at radius 1 is 1.15 bits per heavy atom. The number of ether oxygens (including phenoxy) is 1. The highest BCUT2D eigenvalue weighted by molar-refractivity contribution is 5.38. The van der Waals surface area contributed by atoms with Crippen molar-refractivity contribution in [1.29, 1.82) is 0 Å². The number of aryl methyl sites for hydroxylation is 3. The number of aromatic nitrogens is 1. The van der Waals surface area contributed by atoms with Gasteiger partial charge in [0.05, 0.1) is 7.11 Å². The molecular formula is C17H22N2O. The van der Waals surface area contributed by atoms with Crippen molar-refractivity contribution in [2.24, 2.45) is 5.73 Å². The molecule has 0 aliphatic heterocycles. The maximum absolute atomic E-state index is 6.36. The fraction of sp³-hybridized carbons (Fsp3) is 0.353. The zero-order chi connectivity index (χ0) is 14.7. The standard InChI is InChI=1S/C17H22N2O/c1-11-5-8-17(20-4)14(9-11)10-16(18)15-7-6-12(2)19-13(15)3/h5-9,16H,10,18H2,1-4H3. The van der Waals surface area contributed by atoms with Crippen molar-refractivity contribution < 1.29 is 4.74 Å². The highest BCUT2D eigenvalue weighted by Gasteiger charge is 2.13. The number of nitrogens with zero attached hydrogens (tertiary/aromatic N) is 1. The Kier molecular flexibility index (Phi) is 4.40. The summed E-state index contributed by atoms with van der Waals surface area (Å²) in [5.41, 5.74) is 11.8. The van der Waals surface area contributed by atoms with Gasteiger partial charge < -0.3 is 10.5 Å². The number of benzene rings is 1. The Balaban J connectivity index is 2.27. The molecule has 2 rings (SSSR count). The van der Waals surface area contributed by atoms with Crippen molar-refractivity contribution in [2.45, 2.75) is 33.2 Å². The van der Waals surface area contributed by atoms with E-state index in [1.165, 1.54) is 5.56 Å². The number of hydrogen-bond donors (Lipinski definition) is 1. The van der Waals surface area contributed by atoms with Crippen LogP contribution < -0.4 is 10.5 Å². The van der Waals surface area contributed by atoms with Gasteiger partial charge in [0.15, 0.2) is 0 Å². The lowest BCUT2D eigenvalue weighted by atomic mass is 9.97. The fourth-order valence-electron chi connectivity index (χ4n) is 2.50. The molecule has 0 bridgehead atoms. The lowest BCUT2D eigenvalue weighted by Crippen LogP contribution is -2.16. The first kappa shape index (κ1) is 14.5. The van der Waals surface area contributed by atoms with Crippen LogP contribution in [0, 0.1) is 20.8 Å². The third-order valence-electron chi connectivity index (χ3n) is 3.54. The molecule has 106 valence electrons. The molecule has 3 heteroatoms. The SMILES string of the molecule is COc1ccc(C)cc1CC(N)c1ccc(C)nc1C. The van der Waals surface area contributed by atoms with E-state index < -0.39 is 0 Å². The minimum atomic E-state index is -0.0706. The molecule has 3 nitrogen and oxygen atoms in total. The van der Waals surface area contributed by atoms with Crippen LogP contribution in [0.5, 0.6) is 5.75 Å². The molecule has 0 aliphatic rings. The number of methoxy groups -OCH3 is 1. The molecule has 0 amide bonds.